The van der Waals surface area contributed by atoms with Gasteiger partial charge in [0.25, 0.3) is 0 Å². The zero-order valence-corrected chi connectivity index (χ0v) is 17.2. The van der Waals surface area contributed by atoms with Crippen molar-refractivity contribution in [2.45, 2.75) is 24.3 Å². The van der Waals surface area contributed by atoms with Crippen molar-refractivity contribution in [2.75, 3.05) is 6.54 Å². The van der Waals surface area contributed by atoms with Gasteiger partial charge in [0, 0.05) is 28.0 Å². The zero-order valence-electron chi connectivity index (χ0n) is 13.2. The molecule has 0 radical (unpaired) electrons. The minimum absolute atomic E-state index is 0.0961. The third kappa shape index (κ3) is 5.91. The summed E-state index contributed by atoms with van der Waals surface area (Å²) in [5.41, 5.74) is 0.809. The summed E-state index contributed by atoms with van der Waals surface area (Å²) in [5, 5.41) is 10.7. The molecule has 0 spiro atoms. The third-order valence-electron chi connectivity index (χ3n) is 3.49. The van der Waals surface area contributed by atoms with Crippen molar-refractivity contribution in [3.63, 3.8) is 0 Å². The van der Waals surface area contributed by atoms with E-state index in [-0.39, 0.29) is 30.8 Å². The van der Waals surface area contributed by atoms with Crippen LogP contribution in [0.3, 0.4) is 0 Å². The molecule has 25 heavy (non-hydrogen) atoms. The van der Waals surface area contributed by atoms with Crippen molar-refractivity contribution in [1.82, 2.24) is 4.31 Å². The summed E-state index contributed by atoms with van der Waals surface area (Å²) >= 11 is 6.65. The van der Waals surface area contributed by atoms with Gasteiger partial charge in [-0.3, -0.25) is 0 Å². The first-order valence-corrected chi connectivity index (χ1v) is 10.5. The Balaban J connectivity index is 2.28. The molecule has 0 saturated carbocycles. The van der Waals surface area contributed by atoms with Crippen LogP contribution in [-0.2, 0) is 21.4 Å². The number of carboxylic acid groups (broad SMARTS) is 1. The molecule has 8 heteroatoms. The minimum atomic E-state index is -3.74. The van der Waals surface area contributed by atoms with E-state index < -0.39 is 16.0 Å². The first kappa shape index (κ1) is 20.1. The Kier molecular flexibility index (Phi) is 7.18. The largest absolute Gasteiger partial charge is 0.550 e. The van der Waals surface area contributed by atoms with Crippen molar-refractivity contribution in [3.8, 4) is 0 Å². The third-order valence-corrected chi connectivity index (χ3v) is 6.37. The first-order chi connectivity index (χ1) is 11.8. The number of nitrogens with zero attached hydrogens (tertiary/aromatic N) is 1. The number of carboxylic acids is 1. The van der Waals surface area contributed by atoms with Crippen LogP contribution >= 0.6 is 31.9 Å². The highest BCUT2D eigenvalue weighted by atomic mass is 79.9. The molecule has 0 aliphatic rings. The van der Waals surface area contributed by atoms with Crippen molar-refractivity contribution in [2.24, 2.45) is 0 Å². The van der Waals surface area contributed by atoms with E-state index in [4.69, 9.17) is 0 Å². The molecule has 0 amide bonds. The molecule has 0 saturated heterocycles. The Morgan fingerprint density at radius 3 is 2.32 bits per heavy atom. The predicted octanol–water partition coefficient (Wildman–Crippen LogP) is 2.93. The molecule has 0 atom stereocenters. The van der Waals surface area contributed by atoms with Gasteiger partial charge in [-0.25, -0.2) is 8.42 Å². The highest BCUT2D eigenvalue weighted by Gasteiger charge is 2.24. The van der Waals surface area contributed by atoms with Crippen LogP contribution in [0.2, 0.25) is 0 Å². The Labute approximate surface area is 164 Å². The standard InChI is InChI=1S/C17H17Br2NO4S/c18-14-6-8-16(9-7-14)25(23,24)20(10-2-5-17(21)22)12-13-3-1-4-15(19)11-13/h1,3-4,6-9,11H,2,5,10,12H2,(H,21,22)/p-1. The maximum Gasteiger partial charge on any atom is 0.243 e. The van der Waals surface area contributed by atoms with E-state index in [9.17, 15) is 18.3 Å². The summed E-state index contributed by atoms with van der Waals surface area (Å²) in [7, 11) is -3.74. The van der Waals surface area contributed by atoms with E-state index in [2.05, 4.69) is 31.9 Å². The van der Waals surface area contributed by atoms with E-state index in [0.29, 0.717) is 0 Å². The molecule has 0 aliphatic heterocycles. The number of carbonyl (C=O) groups excluding carboxylic acids is 1. The Morgan fingerprint density at radius 1 is 1.04 bits per heavy atom. The summed E-state index contributed by atoms with van der Waals surface area (Å²) in [6, 6.07) is 13.7. The van der Waals surface area contributed by atoms with Crippen LogP contribution < -0.4 is 5.11 Å². The van der Waals surface area contributed by atoms with E-state index in [1.807, 2.05) is 24.3 Å². The summed E-state index contributed by atoms with van der Waals surface area (Å²) in [6.07, 6.45) is -0.00304. The van der Waals surface area contributed by atoms with Crippen molar-refractivity contribution >= 4 is 47.9 Å². The molecule has 0 bridgehead atoms. The molecule has 2 aromatic rings. The van der Waals surface area contributed by atoms with Crippen molar-refractivity contribution < 1.29 is 18.3 Å². The number of hydrogen-bond donors (Lipinski definition) is 0. The summed E-state index contributed by atoms with van der Waals surface area (Å²) in [4.78, 5) is 10.8. The van der Waals surface area contributed by atoms with Crippen molar-refractivity contribution in [1.29, 1.82) is 0 Å². The van der Waals surface area contributed by atoms with Gasteiger partial charge < -0.3 is 9.90 Å². The average Bonchev–Trinajstić information content (AvgIpc) is 2.54. The van der Waals surface area contributed by atoms with E-state index in [0.717, 1.165) is 14.5 Å². The van der Waals surface area contributed by atoms with E-state index in [1.54, 1.807) is 12.1 Å². The molecule has 0 fully saturated rings. The maximum atomic E-state index is 12.9. The van der Waals surface area contributed by atoms with Crippen LogP contribution in [-0.4, -0.2) is 25.2 Å². The highest BCUT2D eigenvalue weighted by molar-refractivity contribution is 9.10. The second-order valence-electron chi connectivity index (χ2n) is 5.40. The van der Waals surface area contributed by atoms with Crippen molar-refractivity contribution in [3.05, 3.63) is 63.0 Å². The van der Waals surface area contributed by atoms with Gasteiger partial charge in [0.2, 0.25) is 10.0 Å². The molecule has 5 nitrogen and oxygen atoms in total. The molecule has 2 aromatic carbocycles. The molecule has 0 aliphatic carbocycles. The molecule has 0 N–H and O–H groups in total. The Hall–Kier alpha value is -1.22. The number of rotatable bonds is 8. The smallest absolute Gasteiger partial charge is 0.243 e. The van der Waals surface area contributed by atoms with Gasteiger partial charge in [0.15, 0.2) is 0 Å². The molecule has 2 rings (SSSR count). The number of carbonyl (C=O) groups is 1. The summed E-state index contributed by atoms with van der Waals surface area (Å²) < 4.78 is 28.8. The van der Waals surface area contributed by atoms with Gasteiger partial charge in [0.1, 0.15) is 0 Å². The monoisotopic (exact) mass is 488 g/mol. The van der Waals surface area contributed by atoms with Crippen LogP contribution in [0.15, 0.2) is 62.4 Å². The fourth-order valence-corrected chi connectivity index (χ4v) is 4.46. The number of benzene rings is 2. The lowest BCUT2D eigenvalue weighted by molar-refractivity contribution is -0.305. The SMILES string of the molecule is O=C([O-])CCCN(Cc1cccc(Br)c1)S(=O)(=O)c1ccc(Br)cc1. The number of aliphatic carboxylic acids is 1. The summed E-state index contributed by atoms with van der Waals surface area (Å²) in [5.74, 6) is -1.19. The molecule has 0 unspecified atom stereocenters. The van der Waals surface area contributed by atoms with Crippen LogP contribution in [0.1, 0.15) is 18.4 Å². The quantitative estimate of drug-likeness (QED) is 0.571. The fraction of sp³-hybridized carbons (Fsp3) is 0.235. The normalized spacial score (nSPS) is 11.6. The Bertz CT molecular complexity index is 838. The van der Waals surface area contributed by atoms with Gasteiger partial charge >= 0.3 is 0 Å². The number of halogens is 2. The average molecular weight is 490 g/mol. The molecule has 0 heterocycles. The van der Waals surface area contributed by atoms with E-state index >= 15 is 0 Å². The maximum absolute atomic E-state index is 12.9. The minimum Gasteiger partial charge on any atom is -0.550 e. The number of sulfonamides is 1. The molecular weight excluding hydrogens is 474 g/mol. The molecular formula is C17H16Br2NO4S-. The van der Waals surface area contributed by atoms with Crippen LogP contribution in [0, 0.1) is 0 Å². The van der Waals surface area contributed by atoms with Crippen LogP contribution in [0.4, 0.5) is 0 Å². The topological polar surface area (TPSA) is 77.5 Å². The molecule has 0 aromatic heterocycles. The lowest BCUT2D eigenvalue weighted by Gasteiger charge is -2.23. The number of hydrogen-bond acceptors (Lipinski definition) is 4. The van der Waals surface area contributed by atoms with Gasteiger partial charge in [0.05, 0.1) is 4.90 Å². The second kappa shape index (κ2) is 8.93. The van der Waals surface area contributed by atoms with Gasteiger partial charge in [-0.1, -0.05) is 44.0 Å². The van der Waals surface area contributed by atoms with Crippen LogP contribution in [0.25, 0.3) is 0 Å². The second-order valence-corrected chi connectivity index (χ2v) is 9.17. The lowest BCUT2D eigenvalue weighted by atomic mass is 10.2. The first-order valence-electron chi connectivity index (χ1n) is 7.49. The fourth-order valence-electron chi connectivity index (χ4n) is 2.28. The zero-order chi connectivity index (χ0) is 18.4. The van der Waals surface area contributed by atoms with Gasteiger partial charge in [-0.05, 0) is 54.8 Å². The van der Waals surface area contributed by atoms with Gasteiger partial charge in [-0.2, -0.15) is 4.31 Å². The molecule has 134 valence electrons. The van der Waals surface area contributed by atoms with Gasteiger partial charge in [-0.15, -0.1) is 0 Å². The highest BCUT2D eigenvalue weighted by Crippen LogP contribution is 2.22. The lowest BCUT2D eigenvalue weighted by Crippen LogP contribution is -2.33. The van der Waals surface area contributed by atoms with Crippen LogP contribution in [0.5, 0.6) is 0 Å². The summed E-state index contributed by atoms with van der Waals surface area (Å²) in [6.45, 7) is 0.254. The van der Waals surface area contributed by atoms with E-state index in [1.165, 1.54) is 16.4 Å². The Morgan fingerprint density at radius 2 is 1.72 bits per heavy atom. The predicted molar refractivity (Wildman–Crippen MR) is 100 cm³/mol.